The van der Waals surface area contributed by atoms with Gasteiger partial charge in [-0.05, 0) is 25.8 Å². The van der Waals surface area contributed by atoms with Gasteiger partial charge in [0.05, 0.1) is 0 Å². The van der Waals surface area contributed by atoms with Crippen LogP contribution in [0, 0.1) is 0 Å². The smallest absolute Gasteiger partial charge is 0.303 e. The molecule has 82 valence electrons. The van der Waals surface area contributed by atoms with Crippen molar-refractivity contribution in [3.63, 3.8) is 0 Å². The number of aliphatic imine (C=N–C) groups is 1. The van der Waals surface area contributed by atoms with E-state index in [2.05, 4.69) is 10.1 Å². The van der Waals surface area contributed by atoms with E-state index in [4.69, 9.17) is 5.73 Å². The molecule has 0 heterocycles. The summed E-state index contributed by atoms with van der Waals surface area (Å²) in [6.45, 7) is 0.500. The Labute approximate surface area is 86.4 Å². The number of nitrogens with two attached hydrogens (primary N) is 1. The monoisotopic (exact) mass is 212 g/mol. The molecule has 0 saturated carbocycles. The fourth-order valence-corrected chi connectivity index (χ4v) is 0.858. The lowest BCUT2D eigenvalue weighted by Crippen LogP contribution is -2.17. The number of carbonyl (C=O) groups is 2. The van der Waals surface area contributed by atoms with Crippen molar-refractivity contribution in [1.29, 1.82) is 0 Å². The summed E-state index contributed by atoms with van der Waals surface area (Å²) in [4.78, 5) is 33.8. The summed E-state index contributed by atoms with van der Waals surface area (Å²) in [6, 6.07) is 0. The Balaban J connectivity index is 4.36. The standard InChI is InChI=1S/C8H12N4O3/c9-4-2-1-3-7(12-11-6-14)8(15)10-5-13/h6H,1-4,9H2,(H,11,14). The molecule has 0 aromatic rings. The molecular weight excluding hydrogens is 200 g/mol. The van der Waals surface area contributed by atoms with E-state index in [0.717, 1.165) is 12.5 Å². The largest absolute Gasteiger partial charge is 0.330 e. The minimum Gasteiger partial charge on any atom is -0.330 e. The molecule has 0 aliphatic rings. The van der Waals surface area contributed by atoms with E-state index in [1.165, 1.54) is 0 Å². The van der Waals surface area contributed by atoms with Gasteiger partial charge in [-0.3, -0.25) is 9.59 Å². The number of unbranched alkanes of at least 4 members (excludes halogenated alkanes) is 1. The fourth-order valence-electron chi connectivity index (χ4n) is 0.858. The van der Waals surface area contributed by atoms with Gasteiger partial charge in [-0.25, -0.2) is 10.2 Å². The lowest BCUT2D eigenvalue weighted by Gasteiger charge is -1.99. The Morgan fingerprint density at radius 1 is 1.47 bits per heavy atom. The topological polar surface area (TPSA) is 114 Å². The number of nitrogens with one attached hydrogen (secondary N) is 1. The third kappa shape index (κ3) is 6.25. The van der Waals surface area contributed by atoms with E-state index in [1.54, 1.807) is 0 Å². The summed E-state index contributed by atoms with van der Waals surface area (Å²) < 4.78 is 0. The van der Waals surface area contributed by atoms with Gasteiger partial charge in [0.25, 0.3) is 0 Å². The normalized spacial score (nSPS) is 10.3. The second-order valence-electron chi connectivity index (χ2n) is 2.56. The molecule has 2 amide bonds. The molecule has 15 heavy (non-hydrogen) atoms. The van der Waals surface area contributed by atoms with Crippen LogP contribution in [0.1, 0.15) is 19.3 Å². The van der Waals surface area contributed by atoms with Crippen LogP contribution < -0.4 is 11.2 Å². The first-order valence-corrected chi connectivity index (χ1v) is 4.34. The Morgan fingerprint density at radius 2 is 2.20 bits per heavy atom. The van der Waals surface area contributed by atoms with Crippen LogP contribution in [-0.4, -0.2) is 30.7 Å². The van der Waals surface area contributed by atoms with Gasteiger partial charge < -0.3 is 5.73 Å². The lowest BCUT2D eigenvalue weighted by atomic mass is 10.1. The molecule has 0 bridgehead atoms. The number of carbonyl (C=O) groups excluding carboxylic acids is 3. The molecule has 0 saturated heterocycles. The molecule has 3 N–H and O–H groups in total. The van der Waals surface area contributed by atoms with E-state index >= 15 is 0 Å². The van der Waals surface area contributed by atoms with Crippen LogP contribution in [-0.2, 0) is 14.4 Å². The SMILES string of the molecule is NCCCCC(=NNC=O)C(=O)N=C=O. The third-order valence-electron chi connectivity index (χ3n) is 1.51. The first kappa shape index (κ1) is 13.2. The molecule has 0 aliphatic heterocycles. The van der Waals surface area contributed by atoms with Crippen LogP contribution in [0.15, 0.2) is 10.1 Å². The Bertz CT molecular complexity index is 294. The number of amides is 2. The van der Waals surface area contributed by atoms with Crippen LogP contribution in [0.25, 0.3) is 0 Å². The predicted molar refractivity (Wildman–Crippen MR) is 52.7 cm³/mol. The van der Waals surface area contributed by atoms with Gasteiger partial charge in [-0.15, -0.1) is 4.99 Å². The lowest BCUT2D eigenvalue weighted by molar-refractivity contribution is -0.111. The van der Waals surface area contributed by atoms with Crippen molar-refractivity contribution in [2.75, 3.05) is 6.54 Å². The zero-order valence-electron chi connectivity index (χ0n) is 8.10. The first-order valence-electron chi connectivity index (χ1n) is 4.34. The Hall–Kier alpha value is -1.85. The third-order valence-corrected chi connectivity index (χ3v) is 1.51. The average Bonchev–Trinajstić information content (AvgIpc) is 2.23. The van der Waals surface area contributed by atoms with Crippen LogP contribution in [0.3, 0.4) is 0 Å². The van der Waals surface area contributed by atoms with Crippen LogP contribution in [0.2, 0.25) is 0 Å². The number of hydrogen-bond donors (Lipinski definition) is 2. The highest BCUT2D eigenvalue weighted by molar-refractivity contribution is 6.39. The summed E-state index contributed by atoms with van der Waals surface area (Å²) >= 11 is 0. The molecule has 0 fully saturated rings. The second-order valence-corrected chi connectivity index (χ2v) is 2.56. The average molecular weight is 212 g/mol. The molecule has 0 radical (unpaired) electrons. The van der Waals surface area contributed by atoms with Crippen molar-refractivity contribution in [3.05, 3.63) is 0 Å². The molecule has 0 rings (SSSR count). The minimum atomic E-state index is -0.795. The van der Waals surface area contributed by atoms with E-state index < -0.39 is 5.91 Å². The highest BCUT2D eigenvalue weighted by atomic mass is 16.2. The number of isocyanates is 1. The van der Waals surface area contributed by atoms with Gasteiger partial charge in [0, 0.05) is 0 Å². The van der Waals surface area contributed by atoms with Gasteiger partial charge in [0.2, 0.25) is 12.5 Å². The summed E-state index contributed by atoms with van der Waals surface area (Å²) in [5, 5.41) is 3.47. The molecule has 0 spiro atoms. The summed E-state index contributed by atoms with van der Waals surface area (Å²) in [5.41, 5.74) is 7.26. The molecule has 0 aromatic carbocycles. The Kier molecular flexibility index (Phi) is 7.66. The molecule has 7 heteroatoms. The molecule has 7 nitrogen and oxygen atoms in total. The van der Waals surface area contributed by atoms with Crippen molar-refractivity contribution in [1.82, 2.24) is 5.43 Å². The van der Waals surface area contributed by atoms with E-state index in [1.807, 2.05) is 5.43 Å². The highest BCUT2D eigenvalue weighted by Crippen LogP contribution is 1.98. The maximum Gasteiger partial charge on any atom is 0.303 e. The summed E-state index contributed by atoms with van der Waals surface area (Å²) in [5.74, 6) is -0.795. The number of hydrazone groups is 1. The van der Waals surface area contributed by atoms with Crippen molar-refractivity contribution in [3.8, 4) is 0 Å². The summed E-state index contributed by atoms with van der Waals surface area (Å²) in [7, 11) is 0. The number of nitrogens with zero attached hydrogens (tertiary/aromatic N) is 2. The van der Waals surface area contributed by atoms with Gasteiger partial charge >= 0.3 is 5.91 Å². The van der Waals surface area contributed by atoms with Crippen molar-refractivity contribution >= 4 is 24.1 Å². The molecule has 0 unspecified atom stereocenters. The van der Waals surface area contributed by atoms with Crippen molar-refractivity contribution in [2.45, 2.75) is 19.3 Å². The van der Waals surface area contributed by atoms with Crippen molar-refractivity contribution < 1.29 is 14.4 Å². The van der Waals surface area contributed by atoms with Gasteiger partial charge in [0.15, 0.2) is 0 Å². The Morgan fingerprint density at radius 3 is 2.73 bits per heavy atom. The van der Waals surface area contributed by atoms with E-state index in [0.29, 0.717) is 25.8 Å². The van der Waals surface area contributed by atoms with Gasteiger partial charge in [-0.2, -0.15) is 5.10 Å². The van der Waals surface area contributed by atoms with Crippen molar-refractivity contribution in [2.24, 2.45) is 15.8 Å². The zero-order valence-corrected chi connectivity index (χ0v) is 8.10. The van der Waals surface area contributed by atoms with Gasteiger partial charge in [-0.1, -0.05) is 0 Å². The van der Waals surface area contributed by atoms with Crippen LogP contribution in [0.4, 0.5) is 0 Å². The summed E-state index contributed by atoms with van der Waals surface area (Å²) in [6.07, 6.45) is 3.10. The number of rotatable bonds is 7. The predicted octanol–water partition coefficient (Wildman–Crippen LogP) is -0.920. The maximum absolute atomic E-state index is 11.1. The maximum atomic E-state index is 11.1. The highest BCUT2D eigenvalue weighted by Gasteiger charge is 2.09. The van der Waals surface area contributed by atoms with E-state index in [9.17, 15) is 14.4 Å². The molecule has 0 aliphatic carbocycles. The zero-order chi connectivity index (χ0) is 11.5. The molecule has 0 atom stereocenters. The van der Waals surface area contributed by atoms with Crippen LogP contribution in [0.5, 0.6) is 0 Å². The first-order chi connectivity index (χ1) is 7.26. The van der Waals surface area contributed by atoms with Gasteiger partial charge in [0.1, 0.15) is 5.71 Å². The quantitative estimate of drug-likeness (QED) is 0.187. The molecule has 0 aromatic heterocycles. The van der Waals surface area contributed by atoms with E-state index in [-0.39, 0.29) is 5.71 Å². The number of hydrogen-bond acceptors (Lipinski definition) is 5. The molecular formula is C8H12N4O3. The van der Waals surface area contributed by atoms with Crippen LogP contribution >= 0.6 is 0 Å². The minimum absolute atomic E-state index is 0.0129. The second kappa shape index (κ2) is 8.74. The fraction of sp³-hybridized carbons (Fsp3) is 0.500.